The third kappa shape index (κ3) is 5.97. The first-order valence-electron chi connectivity index (χ1n) is 15.2. The lowest BCUT2D eigenvalue weighted by atomic mass is 9.94. The normalized spacial score (nSPS) is 14.6. The van der Waals surface area contributed by atoms with E-state index in [9.17, 15) is 19.2 Å². The number of rotatable bonds is 14. The smallest absolute Gasteiger partial charge is 0.261 e. The van der Waals surface area contributed by atoms with Gasteiger partial charge in [0.05, 0.1) is 6.61 Å². The minimum atomic E-state index is -0.382. The van der Waals surface area contributed by atoms with Crippen molar-refractivity contribution in [2.75, 3.05) is 66.3 Å². The highest BCUT2D eigenvalue weighted by Gasteiger charge is 2.34. The monoisotopic (exact) mass is 608 g/mol. The van der Waals surface area contributed by atoms with Crippen molar-refractivity contribution in [1.29, 1.82) is 0 Å². The van der Waals surface area contributed by atoms with Gasteiger partial charge in [-0.05, 0) is 61.6 Å². The lowest BCUT2D eigenvalue weighted by molar-refractivity contribution is -0.0104. The Morgan fingerprint density at radius 3 is 1.49 bits per heavy atom. The molecule has 0 atom stereocenters. The minimum absolute atomic E-state index is 0.227. The first-order valence-corrected chi connectivity index (χ1v) is 15.2. The first kappa shape index (κ1) is 30.5. The van der Waals surface area contributed by atoms with E-state index in [1.165, 1.54) is 9.80 Å². The Bertz CT molecular complexity index is 1690. The fraction of sp³-hybridized carbons (Fsp3) is 0.314. The number of likely N-dealkylation sites (N-methyl/N-ethyl adjacent to an activating group) is 1. The number of hydrogen-bond acceptors (Lipinski definition) is 8. The zero-order valence-corrected chi connectivity index (χ0v) is 25.3. The summed E-state index contributed by atoms with van der Waals surface area (Å²) in [5.74, 6) is -1.13. The van der Waals surface area contributed by atoms with Crippen LogP contribution >= 0.6 is 0 Å². The van der Waals surface area contributed by atoms with Gasteiger partial charge in [-0.2, -0.15) is 0 Å². The van der Waals surface area contributed by atoms with Gasteiger partial charge in [-0.25, -0.2) is 0 Å². The first-order chi connectivity index (χ1) is 21.9. The molecule has 0 saturated carbocycles. The summed E-state index contributed by atoms with van der Waals surface area (Å²) in [4.78, 5) is 59.9. The fourth-order valence-electron chi connectivity index (χ4n) is 6.35. The van der Waals surface area contributed by atoms with Gasteiger partial charge >= 0.3 is 0 Å². The van der Waals surface area contributed by atoms with Crippen LogP contribution in [0, 0.1) is 0 Å². The molecule has 0 aliphatic carbocycles. The molecule has 0 radical (unpaired) electrons. The van der Waals surface area contributed by atoms with E-state index in [0.717, 1.165) is 22.6 Å². The molecule has 0 saturated heterocycles. The van der Waals surface area contributed by atoms with Gasteiger partial charge in [0.1, 0.15) is 6.79 Å². The molecule has 4 amide bonds. The van der Waals surface area contributed by atoms with Crippen LogP contribution in [-0.2, 0) is 4.74 Å². The molecule has 6 rings (SSSR count). The van der Waals surface area contributed by atoms with Crippen molar-refractivity contribution in [2.45, 2.75) is 6.42 Å². The van der Waals surface area contributed by atoms with Crippen LogP contribution in [0.4, 0.5) is 0 Å². The van der Waals surface area contributed by atoms with Gasteiger partial charge in [0, 0.05) is 65.8 Å². The molecule has 10 nitrogen and oxygen atoms in total. The Hall–Kier alpha value is -4.48. The van der Waals surface area contributed by atoms with Crippen molar-refractivity contribution in [1.82, 2.24) is 19.6 Å². The lowest BCUT2D eigenvalue weighted by Crippen LogP contribution is -2.45. The van der Waals surface area contributed by atoms with Crippen molar-refractivity contribution < 1.29 is 29.0 Å². The summed E-state index contributed by atoms with van der Waals surface area (Å²) in [5, 5.41) is 12.3. The lowest BCUT2D eigenvalue weighted by Gasteiger charge is -2.30. The minimum Gasteiger partial charge on any atom is -0.371 e. The molecular formula is C35H36N4O6. The van der Waals surface area contributed by atoms with E-state index in [1.54, 1.807) is 24.3 Å². The van der Waals surface area contributed by atoms with Gasteiger partial charge in [0.25, 0.3) is 23.6 Å². The van der Waals surface area contributed by atoms with Crippen LogP contribution in [0.25, 0.3) is 21.5 Å². The maximum atomic E-state index is 13.3. The fourth-order valence-corrected chi connectivity index (χ4v) is 6.35. The third-order valence-corrected chi connectivity index (χ3v) is 8.71. The molecule has 232 valence electrons. The highest BCUT2D eigenvalue weighted by molar-refractivity contribution is 6.26. The number of aliphatic hydroxyl groups excluding tert-OH is 1. The maximum absolute atomic E-state index is 13.3. The van der Waals surface area contributed by atoms with E-state index in [1.807, 2.05) is 55.6 Å². The molecule has 10 heteroatoms. The van der Waals surface area contributed by atoms with E-state index in [-0.39, 0.29) is 43.5 Å². The highest BCUT2D eigenvalue weighted by Crippen LogP contribution is 2.31. The number of benzene rings is 4. The summed E-state index contributed by atoms with van der Waals surface area (Å²) in [6, 6.07) is 22.0. The molecule has 45 heavy (non-hydrogen) atoms. The molecule has 2 aliphatic heterocycles. The van der Waals surface area contributed by atoms with Crippen LogP contribution in [0.1, 0.15) is 47.9 Å². The second-order valence-corrected chi connectivity index (χ2v) is 11.5. The van der Waals surface area contributed by atoms with Crippen LogP contribution in [0.3, 0.4) is 0 Å². The van der Waals surface area contributed by atoms with Crippen LogP contribution < -0.4 is 0 Å². The highest BCUT2D eigenvalue weighted by atomic mass is 16.6. The average Bonchev–Trinajstić information content (AvgIpc) is 3.05. The summed E-state index contributed by atoms with van der Waals surface area (Å²) in [5.41, 5.74) is 2.17. The average molecular weight is 609 g/mol. The van der Waals surface area contributed by atoms with Crippen LogP contribution in [-0.4, -0.2) is 115 Å². The predicted molar refractivity (Wildman–Crippen MR) is 170 cm³/mol. The van der Waals surface area contributed by atoms with Crippen molar-refractivity contribution in [3.8, 4) is 0 Å². The van der Waals surface area contributed by atoms with Crippen molar-refractivity contribution >= 4 is 45.2 Å². The van der Waals surface area contributed by atoms with E-state index in [0.29, 0.717) is 67.0 Å². The number of carbonyl (C=O) groups is 4. The summed E-state index contributed by atoms with van der Waals surface area (Å²) in [6.07, 6.45) is 0.768. The SMILES string of the molecule is CN(CCCN(CCOCO)CCN1C(=O)c2cccc3cccc(c23)C1=O)CCN1C(=O)c2cccc3cccc(c23)C1=O. The molecule has 2 aliphatic rings. The number of ether oxygens (including phenoxy) is 1. The summed E-state index contributed by atoms with van der Waals surface area (Å²) in [7, 11) is 1.95. The Labute approximate surface area is 261 Å². The molecular weight excluding hydrogens is 572 g/mol. The second-order valence-electron chi connectivity index (χ2n) is 11.5. The molecule has 1 N–H and O–H groups in total. The van der Waals surface area contributed by atoms with Gasteiger partial charge in [-0.1, -0.05) is 48.5 Å². The van der Waals surface area contributed by atoms with Gasteiger partial charge in [-0.3, -0.25) is 33.9 Å². The van der Waals surface area contributed by atoms with E-state index >= 15 is 0 Å². The quantitative estimate of drug-likeness (QED) is 0.132. The van der Waals surface area contributed by atoms with Crippen molar-refractivity contribution in [3.63, 3.8) is 0 Å². The van der Waals surface area contributed by atoms with Crippen LogP contribution in [0.5, 0.6) is 0 Å². The van der Waals surface area contributed by atoms with Crippen LogP contribution in [0.2, 0.25) is 0 Å². The van der Waals surface area contributed by atoms with Crippen molar-refractivity contribution in [3.05, 3.63) is 95.1 Å². The molecule has 2 heterocycles. The number of aliphatic hydroxyl groups is 1. The van der Waals surface area contributed by atoms with Crippen LogP contribution in [0.15, 0.2) is 72.8 Å². The molecule has 0 fully saturated rings. The van der Waals surface area contributed by atoms with Gasteiger partial charge < -0.3 is 14.7 Å². The summed E-state index contributed by atoms with van der Waals surface area (Å²) in [6.45, 7) is 3.30. The Morgan fingerprint density at radius 2 is 1.04 bits per heavy atom. The Morgan fingerprint density at radius 1 is 0.600 bits per heavy atom. The number of hydrogen-bond donors (Lipinski definition) is 1. The molecule has 4 aromatic rings. The molecule has 0 unspecified atom stereocenters. The van der Waals surface area contributed by atoms with Gasteiger partial charge in [0.15, 0.2) is 0 Å². The Kier molecular flexibility index (Phi) is 8.99. The zero-order chi connectivity index (χ0) is 31.5. The number of imide groups is 2. The molecule has 0 aromatic heterocycles. The summed E-state index contributed by atoms with van der Waals surface area (Å²) < 4.78 is 5.17. The molecule has 4 aromatic carbocycles. The zero-order valence-electron chi connectivity index (χ0n) is 25.3. The van der Waals surface area contributed by atoms with Crippen molar-refractivity contribution in [2.24, 2.45) is 0 Å². The molecule has 0 spiro atoms. The van der Waals surface area contributed by atoms with E-state index in [2.05, 4.69) is 9.80 Å². The third-order valence-electron chi connectivity index (χ3n) is 8.71. The summed E-state index contributed by atoms with van der Waals surface area (Å²) >= 11 is 0. The predicted octanol–water partition coefficient (Wildman–Crippen LogP) is 3.48. The number of carbonyl (C=O) groups excluding carboxylic acids is 4. The van der Waals surface area contributed by atoms with Gasteiger partial charge in [0.2, 0.25) is 0 Å². The number of nitrogens with zero attached hydrogens (tertiary/aromatic N) is 4. The topological polar surface area (TPSA) is 111 Å². The molecule has 0 bridgehead atoms. The standard InChI is InChI=1S/C35H36N4O6/c1-36(17-19-38-32(41)26-11-2-7-24-8-3-12-27(30(24)26)33(38)42)15-6-16-37(21-22-45-23-40)18-20-39-34(43)28-13-4-9-25-10-5-14-29(31(25)28)35(39)44/h2-5,7-14,40H,6,15-23H2,1H3. The number of amides is 4. The van der Waals surface area contributed by atoms with E-state index < -0.39 is 0 Å². The second kappa shape index (κ2) is 13.3. The van der Waals surface area contributed by atoms with Gasteiger partial charge in [-0.15, -0.1) is 0 Å². The Balaban J connectivity index is 1.03. The van der Waals surface area contributed by atoms with E-state index in [4.69, 9.17) is 9.84 Å². The maximum Gasteiger partial charge on any atom is 0.261 e. The largest absolute Gasteiger partial charge is 0.371 e.